The van der Waals surface area contributed by atoms with Gasteiger partial charge in [-0.25, -0.2) is 9.97 Å². The van der Waals surface area contributed by atoms with E-state index in [1.54, 1.807) is 12.4 Å². The Morgan fingerprint density at radius 3 is 2.52 bits per heavy atom. The van der Waals surface area contributed by atoms with E-state index in [0.717, 1.165) is 51.4 Å². The van der Waals surface area contributed by atoms with Crippen LogP contribution < -0.4 is 5.32 Å². The lowest BCUT2D eigenvalue weighted by atomic mass is 9.86. The van der Waals surface area contributed by atoms with Crippen molar-refractivity contribution in [2.75, 3.05) is 45.2 Å². The highest BCUT2D eigenvalue weighted by atomic mass is 16.5. The van der Waals surface area contributed by atoms with E-state index >= 15 is 0 Å². The third-order valence-electron chi connectivity index (χ3n) is 5.64. The molecule has 1 aromatic carbocycles. The van der Waals surface area contributed by atoms with E-state index in [2.05, 4.69) is 27.2 Å². The van der Waals surface area contributed by atoms with Gasteiger partial charge in [0, 0.05) is 56.5 Å². The van der Waals surface area contributed by atoms with Crippen LogP contribution in [0.25, 0.3) is 0 Å². The van der Waals surface area contributed by atoms with Gasteiger partial charge in [-0.15, -0.1) is 0 Å². The highest BCUT2D eigenvalue weighted by molar-refractivity contribution is 5.93. The minimum Gasteiger partial charge on any atom is -0.381 e. The maximum atomic E-state index is 13.0. The zero-order chi connectivity index (χ0) is 18.7. The van der Waals surface area contributed by atoms with Crippen molar-refractivity contribution in [2.24, 2.45) is 0 Å². The molecule has 27 heavy (non-hydrogen) atoms. The number of hydrogen-bond acceptors (Lipinski definition) is 6. The lowest BCUT2D eigenvalue weighted by Gasteiger charge is -2.51. The second kappa shape index (κ2) is 7.62. The number of anilines is 2. The topological polar surface area (TPSA) is 70.6 Å². The summed E-state index contributed by atoms with van der Waals surface area (Å²) < 4.78 is 5.53. The van der Waals surface area contributed by atoms with E-state index in [0.29, 0.717) is 11.5 Å². The predicted octanol–water partition coefficient (Wildman–Crippen LogP) is 2.16. The van der Waals surface area contributed by atoms with Gasteiger partial charge >= 0.3 is 0 Å². The summed E-state index contributed by atoms with van der Waals surface area (Å²) in [6.07, 6.45) is 5.14. The molecule has 0 radical (unpaired) electrons. The smallest absolute Gasteiger partial charge is 0.257 e. The number of hydrogen-bond donors (Lipinski definition) is 1. The molecule has 2 aromatic rings. The Kier molecular flexibility index (Phi) is 5.05. The second-order valence-corrected chi connectivity index (χ2v) is 7.27. The van der Waals surface area contributed by atoms with Crippen molar-refractivity contribution in [1.29, 1.82) is 0 Å². The number of para-hydroxylation sites is 1. The number of amides is 1. The molecular formula is C20H25N5O2. The number of nitrogens with one attached hydrogen (secondary N) is 1. The molecule has 4 rings (SSSR count). The largest absolute Gasteiger partial charge is 0.381 e. The first-order valence-corrected chi connectivity index (χ1v) is 9.39. The highest BCUT2D eigenvalue weighted by Crippen LogP contribution is 2.31. The van der Waals surface area contributed by atoms with Crippen LogP contribution in [0, 0.1) is 0 Å². The molecule has 0 unspecified atom stereocenters. The first-order chi connectivity index (χ1) is 13.2. The third kappa shape index (κ3) is 3.79. The van der Waals surface area contributed by atoms with Crippen LogP contribution in [0.2, 0.25) is 0 Å². The van der Waals surface area contributed by atoms with Crippen LogP contribution >= 0.6 is 0 Å². The van der Waals surface area contributed by atoms with Crippen LogP contribution in [0.4, 0.5) is 11.6 Å². The van der Waals surface area contributed by atoms with Crippen molar-refractivity contribution < 1.29 is 9.53 Å². The fraction of sp³-hybridized carbons (Fsp3) is 0.450. The van der Waals surface area contributed by atoms with Crippen molar-refractivity contribution in [3.05, 3.63) is 48.3 Å². The molecule has 0 saturated carbocycles. The lowest BCUT2D eigenvalue weighted by Crippen LogP contribution is -2.63. The Bertz CT molecular complexity index is 775. The SMILES string of the molecule is CN1CCN(C(=O)c2cnc(Nc3ccccc3)nc2)CC12CCOCC2. The van der Waals surface area contributed by atoms with Crippen LogP contribution in [0.15, 0.2) is 42.7 Å². The molecule has 2 saturated heterocycles. The van der Waals surface area contributed by atoms with E-state index < -0.39 is 0 Å². The summed E-state index contributed by atoms with van der Waals surface area (Å²) in [4.78, 5) is 25.9. The number of nitrogens with zero attached hydrogens (tertiary/aromatic N) is 4. The van der Waals surface area contributed by atoms with Gasteiger partial charge in [-0.1, -0.05) is 18.2 Å². The molecule has 0 aliphatic carbocycles. The fourth-order valence-electron chi connectivity index (χ4n) is 3.86. The van der Waals surface area contributed by atoms with E-state index in [-0.39, 0.29) is 11.4 Å². The second-order valence-electron chi connectivity index (χ2n) is 7.27. The van der Waals surface area contributed by atoms with Crippen LogP contribution in [0.1, 0.15) is 23.2 Å². The minimum absolute atomic E-state index is 0.000211. The molecule has 1 amide bonds. The van der Waals surface area contributed by atoms with Gasteiger partial charge in [-0.05, 0) is 32.0 Å². The Morgan fingerprint density at radius 1 is 1.11 bits per heavy atom. The lowest BCUT2D eigenvalue weighted by molar-refractivity contribution is -0.0543. The first-order valence-electron chi connectivity index (χ1n) is 9.39. The minimum atomic E-state index is 0.000211. The van der Waals surface area contributed by atoms with Crippen molar-refractivity contribution in [2.45, 2.75) is 18.4 Å². The molecule has 7 heteroatoms. The van der Waals surface area contributed by atoms with E-state index in [4.69, 9.17) is 4.74 Å². The Morgan fingerprint density at radius 2 is 1.81 bits per heavy atom. The normalized spacial score (nSPS) is 19.8. The molecule has 2 fully saturated rings. The molecule has 0 atom stereocenters. The standard InChI is InChI=1S/C20H25N5O2/c1-24-9-10-25(15-20(24)7-11-27-12-8-20)18(26)16-13-21-19(22-14-16)23-17-5-3-2-4-6-17/h2-6,13-14H,7-12,15H2,1H3,(H,21,22,23). The Balaban J connectivity index is 1.44. The van der Waals surface area contributed by atoms with Crippen molar-refractivity contribution in [3.63, 3.8) is 0 Å². The Hall–Kier alpha value is -2.51. The highest BCUT2D eigenvalue weighted by Gasteiger charge is 2.42. The number of rotatable bonds is 3. The van der Waals surface area contributed by atoms with Crippen molar-refractivity contribution >= 4 is 17.5 Å². The summed E-state index contributed by atoms with van der Waals surface area (Å²) in [5, 5.41) is 3.13. The number of aromatic nitrogens is 2. The molecule has 1 aromatic heterocycles. The average Bonchev–Trinajstić information content (AvgIpc) is 2.72. The van der Waals surface area contributed by atoms with Crippen LogP contribution in [-0.4, -0.2) is 71.1 Å². The first kappa shape index (κ1) is 17.9. The van der Waals surface area contributed by atoms with Gasteiger partial charge in [-0.3, -0.25) is 9.69 Å². The maximum absolute atomic E-state index is 13.0. The third-order valence-corrected chi connectivity index (χ3v) is 5.64. The van der Waals surface area contributed by atoms with Crippen LogP contribution in [0.5, 0.6) is 0 Å². The molecule has 142 valence electrons. The average molecular weight is 367 g/mol. The number of piperazine rings is 1. The molecule has 2 aliphatic rings. The fourth-order valence-corrected chi connectivity index (χ4v) is 3.86. The van der Waals surface area contributed by atoms with Gasteiger partial charge < -0.3 is 15.0 Å². The van der Waals surface area contributed by atoms with Crippen molar-refractivity contribution in [1.82, 2.24) is 19.8 Å². The maximum Gasteiger partial charge on any atom is 0.257 e. The zero-order valence-corrected chi connectivity index (χ0v) is 15.6. The number of ether oxygens (including phenoxy) is 1. The molecule has 1 N–H and O–H groups in total. The van der Waals surface area contributed by atoms with E-state index in [1.807, 2.05) is 35.2 Å². The zero-order valence-electron chi connectivity index (χ0n) is 15.6. The summed E-state index contributed by atoms with van der Waals surface area (Å²) in [5.74, 6) is 0.484. The summed E-state index contributed by atoms with van der Waals surface area (Å²) in [6.45, 7) is 3.85. The van der Waals surface area contributed by atoms with E-state index in [1.165, 1.54) is 0 Å². The molecule has 1 spiro atoms. The van der Waals surface area contributed by atoms with Gasteiger partial charge in [0.05, 0.1) is 5.56 Å². The Labute approximate surface area is 159 Å². The van der Waals surface area contributed by atoms with Crippen LogP contribution in [0.3, 0.4) is 0 Å². The van der Waals surface area contributed by atoms with Crippen LogP contribution in [-0.2, 0) is 4.74 Å². The quantitative estimate of drug-likeness (QED) is 0.896. The molecule has 2 aliphatic heterocycles. The number of benzene rings is 1. The molecule has 7 nitrogen and oxygen atoms in total. The molecular weight excluding hydrogens is 342 g/mol. The molecule has 0 bridgehead atoms. The summed E-state index contributed by atoms with van der Waals surface area (Å²) in [7, 11) is 2.15. The molecule has 3 heterocycles. The number of likely N-dealkylation sites (N-methyl/N-ethyl adjacent to an activating group) is 1. The van der Waals surface area contributed by atoms with E-state index in [9.17, 15) is 4.79 Å². The van der Waals surface area contributed by atoms with Gasteiger partial charge in [0.25, 0.3) is 5.91 Å². The van der Waals surface area contributed by atoms with Gasteiger partial charge in [0.2, 0.25) is 5.95 Å². The van der Waals surface area contributed by atoms with Gasteiger partial charge in [0.1, 0.15) is 0 Å². The number of carbonyl (C=O) groups is 1. The summed E-state index contributed by atoms with van der Waals surface area (Å²) in [5.41, 5.74) is 1.47. The van der Waals surface area contributed by atoms with Crippen molar-refractivity contribution in [3.8, 4) is 0 Å². The monoisotopic (exact) mass is 367 g/mol. The summed E-state index contributed by atoms with van der Waals surface area (Å²) >= 11 is 0. The van der Waals surface area contributed by atoms with Gasteiger partial charge in [0.15, 0.2) is 0 Å². The number of carbonyl (C=O) groups excluding carboxylic acids is 1. The van der Waals surface area contributed by atoms with Gasteiger partial charge in [-0.2, -0.15) is 0 Å². The summed E-state index contributed by atoms with van der Waals surface area (Å²) in [6, 6.07) is 9.73. The predicted molar refractivity (Wildman–Crippen MR) is 103 cm³/mol.